The second kappa shape index (κ2) is 6.92. The first-order valence-corrected chi connectivity index (χ1v) is 9.60. The van der Waals surface area contributed by atoms with Crippen LogP contribution in [0, 0.1) is 0 Å². The number of rotatable bonds is 2. The van der Waals surface area contributed by atoms with Gasteiger partial charge in [0.15, 0.2) is 0 Å². The third kappa shape index (κ3) is 3.46. The van der Waals surface area contributed by atoms with E-state index in [1.54, 1.807) is 18.5 Å². The molecule has 28 heavy (non-hydrogen) atoms. The second-order valence-corrected chi connectivity index (χ2v) is 8.32. The molecule has 2 atom stereocenters. The first kappa shape index (κ1) is 18.5. The molecule has 2 unspecified atom stereocenters. The molecule has 2 saturated heterocycles. The van der Waals surface area contributed by atoms with Crippen molar-refractivity contribution in [1.82, 2.24) is 24.8 Å². The molecule has 0 radical (unpaired) electrons. The molecular formula is C20H25N5O3. The fraction of sp³-hybridized carbons (Fsp3) is 0.500. The van der Waals surface area contributed by atoms with Crippen LogP contribution < -0.4 is 0 Å². The molecule has 1 aromatic carbocycles. The number of amides is 2. The molecular weight excluding hydrogens is 358 g/mol. The molecule has 1 aromatic heterocycles. The molecule has 3 heterocycles. The smallest absolute Gasteiger partial charge is 0.410 e. The average molecular weight is 383 g/mol. The molecule has 2 bridgehead atoms. The van der Waals surface area contributed by atoms with E-state index in [2.05, 4.69) is 10.2 Å². The van der Waals surface area contributed by atoms with E-state index in [0.717, 1.165) is 12.8 Å². The molecule has 8 heteroatoms. The number of aromatic nitrogens is 3. The van der Waals surface area contributed by atoms with Crippen molar-refractivity contribution in [3.63, 3.8) is 0 Å². The predicted molar refractivity (Wildman–Crippen MR) is 102 cm³/mol. The van der Waals surface area contributed by atoms with Gasteiger partial charge in [0, 0.05) is 13.1 Å². The van der Waals surface area contributed by atoms with Crippen molar-refractivity contribution >= 4 is 12.0 Å². The van der Waals surface area contributed by atoms with Gasteiger partial charge in [0.1, 0.15) is 5.60 Å². The lowest BCUT2D eigenvalue weighted by atomic mass is 10.1. The summed E-state index contributed by atoms with van der Waals surface area (Å²) in [6, 6.07) is 7.31. The summed E-state index contributed by atoms with van der Waals surface area (Å²) < 4.78 is 5.57. The van der Waals surface area contributed by atoms with Crippen LogP contribution in [0.3, 0.4) is 0 Å². The Morgan fingerprint density at radius 2 is 1.64 bits per heavy atom. The molecule has 0 saturated carbocycles. The highest BCUT2D eigenvalue weighted by atomic mass is 16.6. The number of piperazine rings is 1. The van der Waals surface area contributed by atoms with Gasteiger partial charge in [0.25, 0.3) is 5.91 Å². The van der Waals surface area contributed by atoms with Gasteiger partial charge >= 0.3 is 6.09 Å². The van der Waals surface area contributed by atoms with Gasteiger partial charge < -0.3 is 9.64 Å². The molecule has 2 amide bonds. The lowest BCUT2D eigenvalue weighted by molar-refractivity contribution is -0.00335. The summed E-state index contributed by atoms with van der Waals surface area (Å²) in [6.07, 6.45) is 4.65. The van der Waals surface area contributed by atoms with Gasteiger partial charge in [-0.15, -0.1) is 0 Å². The Labute approximate surface area is 164 Å². The van der Waals surface area contributed by atoms with Crippen LogP contribution >= 0.6 is 0 Å². The minimum atomic E-state index is -0.529. The third-order valence-electron chi connectivity index (χ3n) is 5.14. The molecule has 148 valence electrons. The van der Waals surface area contributed by atoms with E-state index in [4.69, 9.17) is 4.74 Å². The normalized spacial score (nSPS) is 21.7. The molecule has 2 aliphatic rings. The largest absolute Gasteiger partial charge is 0.444 e. The number of para-hydroxylation sites is 1. The number of hydrogen-bond acceptors (Lipinski definition) is 5. The monoisotopic (exact) mass is 383 g/mol. The predicted octanol–water partition coefficient (Wildman–Crippen LogP) is 2.49. The Bertz CT molecular complexity index is 860. The highest BCUT2D eigenvalue weighted by Gasteiger charge is 2.45. The molecule has 0 spiro atoms. The number of carbonyl (C=O) groups excluding carboxylic acids is 2. The van der Waals surface area contributed by atoms with Crippen molar-refractivity contribution in [2.24, 2.45) is 0 Å². The molecule has 0 aliphatic carbocycles. The van der Waals surface area contributed by atoms with Crippen molar-refractivity contribution in [1.29, 1.82) is 0 Å². The Morgan fingerprint density at radius 3 is 2.25 bits per heavy atom. The maximum absolute atomic E-state index is 13.3. The van der Waals surface area contributed by atoms with Crippen LogP contribution in [-0.2, 0) is 4.74 Å². The number of carbonyl (C=O) groups is 2. The highest BCUT2D eigenvalue weighted by Crippen LogP contribution is 2.32. The summed E-state index contributed by atoms with van der Waals surface area (Å²) in [7, 11) is 0. The Hall–Kier alpha value is -2.90. The summed E-state index contributed by atoms with van der Waals surface area (Å²) in [5, 5.41) is 8.30. The number of fused-ring (bicyclic) bond motifs is 2. The molecule has 2 aromatic rings. The van der Waals surface area contributed by atoms with Crippen LogP contribution in [0.2, 0.25) is 0 Å². The van der Waals surface area contributed by atoms with Crippen LogP contribution in [0.4, 0.5) is 4.79 Å². The number of benzene rings is 1. The Balaban J connectivity index is 1.53. The fourth-order valence-electron chi connectivity index (χ4n) is 4.02. The topological polar surface area (TPSA) is 80.6 Å². The molecule has 2 aliphatic heterocycles. The van der Waals surface area contributed by atoms with Crippen molar-refractivity contribution in [3.05, 3.63) is 42.2 Å². The van der Waals surface area contributed by atoms with Gasteiger partial charge in [-0.1, -0.05) is 12.1 Å². The van der Waals surface area contributed by atoms with Gasteiger partial charge in [-0.05, 0) is 45.7 Å². The summed E-state index contributed by atoms with van der Waals surface area (Å²) in [5.41, 5.74) is 0.683. The van der Waals surface area contributed by atoms with E-state index in [9.17, 15) is 9.59 Å². The SMILES string of the molecule is CC(C)(C)OC(=O)N1C2CCC1CN(C(=O)c1ccccc1-n1nccn1)C2. The lowest BCUT2D eigenvalue weighted by Crippen LogP contribution is -2.58. The maximum atomic E-state index is 13.3. The van der Waals surface area contributed by atoms with E-state index in [0.29, 0.717) is 24.3 Å². The van der Waals surface area contributed by atoms with Crippen molar-refractivity contribution in [3.8, 4) is 5.69 Å². The van der Waals surface area contributed by atoms with Crippen molar-refractivity contribution in [2.45, 2.75) is 51.3 Å². The summed E-state index contributed by atoms with van der Waals surface area (Å²) in [6.45, 7) is 6.62. The van der Waals surface area contributed by atoms with Gasteiger partial charge in [0.2, 0.25) is 0 Å². The first-order valence-electron chi connectivity index (χ1n) is 9.60. The first-order chi connectivity index (χ1) is 13.3. The van der Waals surface area contributed by atoms with Crippen LogP contribution in [0.15, 0.2) is 36.7 Å². The van der Waals surface area contributed by atoms with Crippen molar-refractivity contribution < 1.29 is 14.3 Å². The van der Waals surface area contributed by atoms with Gasteiger partial charge in [0.05, 0.1) is 35.7 Å². The molecule has 0 N–H and O–H groups in total. The summed E-state index contributed by atoms with van der Waals surface area (Å²) in [5.74, 6) is -0.0614. The average Bonchev–Trinajstić information content (AvgIpc) is 3.26. The number of nitrogens with zero attached hydrogens (tertiary/aromatic N) is 5. The van der Waals surface area contributed by atoms with Gasteiger partial charge in [-0.3, -0.25) is 9.69 Å². The number of likely N-dealkylation sites (tertiary alicyclic amines) is 1. The Morgan fingerprint density at radius 1 is 1.04 bits per heavy atom. The standard InChI is InChI=1S/C20H25N5O3/c1-20(2,3)28-19(27)24-14-8-9-15(24)13-23(12-14)18(26)16-6-4-5-7-17(16)25-21-10-11-22-25/h4-7,10-11,14-15H,8-9,12-13H2,1-3H3. The van der Waals surface area contributed by atoms with Crippen LogP contribution in [0.25, 0.3) is 5.69 Å². The highest BCUT2D eigenvalue weighted by molar-refractivity contribution is 5.98. The Kier molecular flexibility index (Phi) is 4.56. The second-order valence-electron chi connectivity index (χ2n) is 8.32. The maximum Gasteiger partial charge on any atom is 0.410 e. The molecule has 8 nitrogen and oxygen atoms in total. The van der Waals surface area contributed by atoms with E-state index >= 15 is 0 Å². The zero-order valence-corrected chi connectivity index (χ0v) is 16.4. The quantitative estimate of drug-likeness (QED) is 0.796. The zero-order chi connectivity index (χ0) is 19.9. The van der Waals surface area contributed by atoms with E-state index in [1.807, 2.05) is 48.8 Å². The third-order valence-corrected chi connectivity index (χ3v) is 5.14. The van der Waals surface area contributed by atoms with Gasteiger partial charge in [-0.2, -0.15) is 15.0 Å². The van der Waals surface area contributed by atoms with E-state index < -0.39 is 5.60 Å². The minimum absolute atomic E-state index is 0.00691. The lowest BCUT2D eigenvalue weighted by Gasteiger charge is -2.41. The minimum Gasteiger partial charge on any atom is -0.444 e. The van der Waals surface area contributed by atoms with Crippen LogP contribution in [-0.4, -0.2) is 67.6 Å². The van der Waals surface area contributed by atoms with E-state index in [-0.39, 0.29) is 24.1 Å². The summed E-state index contributed by atoms with van der Waals surface area (Å²) in [4.78, 5) is 31.0. The van der Waals surface area contributed by atoms with Gasteiger partial charge in [-0.25, -0.2) is 4.79 Å². The van der Waals surface area contributed by atoms with E-state index in [1.165, 1.54) is 4.80 Å². The van der Waals surface area contributed by atoms with Crippen LogP contribution in [0.1, 0.15) is 44.0 Å². The van der Waals surface area contributed by atoms with Crippen molar-refractivity contribution in [2.75, 3.05) is 13.1 Å². The number of hydrogen-bond donors (Lipinski definition) is 0. The van der Waals surface area contributed by atoms with Crippen LogP contribution in [0.5, 0.6) is 0 Å². The fourth-order valence-corrected chi connectivity index (χ4v) is 4.02. The molecule has 2 fully saturated rings. The zero-order valence-electron chi connectivity index (χ0n) is 16.4. The summed E-state index contributed by atoms with van der Waals surface area (Å²) >= 11 is 0. The number of ether oxygens (including phenoxy) is 1. The molecule has 4 rings (SSSR count).